The minimum atomic E-state index is -0.616. The predicted molar refractivity (Wildman–Crippen MR) is 116 cm³/mol. The van der Waals surface area contributed by atoms with Gasteiger partial charge in [0.05, 0.1) is 18.9 Å². The summed E-state index contributed by atoms with van der Waals surface area (Å²) in [6.45, 7) is 1.12. The molecule has 2 aromatic carbocycles. The van der Waals surface area contributed by atoms with Crippen LogP contribution in [0.4, 0.5) is 10.5 Å². The van der Waals surface area contributed by atoms with E-state index in [1.165, 1.54) is 5.01 Å². The minimum Gasteiger partial charge on any atom is -0.444 e. The van der Waals surface area contributed by atoms with Gasteiger partial charge in [-0.1, -0.05) is 36.4 Å². The normalized spacial score (nSPS) is 14.1. The lowest BCUT2D eigenvalue weighted by atomic mass is 10.1. The van der Waals surface area contributed by atoms with E-state index in [0.29, 0.717) is 37.3 Å². The monoisotopic (exact) mass is 422 g/mol. The van der Waals surface area contributed by atoms with Gasteiger partial charge in [-0.3, -0.25) is 10.2 Å². The van der Waals surface area contributed by atoms with Crippen LogP contribution in [0.15, 0.2) is 72.1 Å². The number of nitrogens with one attached hydrogen (secondary N) is 1. The number of carbonyl (C=O) groups excluding carboxylic acids is 2. The Bertz CT molecular complexity index is 968. The molecule has 1 aliphatic heterocycles. The van der Waals surface area contributed by atoms with E-state index in [4.69, 9.17) is 9.47 Å². The number of carbonyl (C=O) groups is 2. The maximum Gasteiger partial charge on any atom is 0.433 e. The molecule has 6 nitrogen and oxygen atoms in total. The average molecular weight is 423 g/mol. The van der Waals surface area contributed by atoms with Crippen molar-refractivity contribution in [2.45, 2.75) is 18.9 Å². The molecule has 30 heavy (non-hydrogen) atoms. The van der Waals surface area contributed by atoms with Crippen molar-refractivity contribution in [3.8, 4) is 10.4 Å². The Kier molecular flexibility index (Phi) is 6.41. The highest BCUT2D eigenvalue weighted by atomic mass is 32.1. The van der Waals surface area contributed by atoms with Gasteiger partial charge in [0.25, 0.3) is 5.91 Å². The van der Waals surface area contributed by atoms with Crippen molar-refractivity contribution in [3.05, 3.63) is 77.7 Å². The Morgan fingerprint density at radius 3 is 2.37 bits per heavy atom. The zero-order valence-corrected chi connectivity index (χ0v) is 17.1. The zero-order chi connectivity index (χ0) is 20.8. The first-order valence-electron chi connectivity index (χ1n) is 9.79. The molecule has 0 bridgehead atoms. The zero-order valence-electron chi connectivity index (χ0n) is 16.3. The fraction of sp³-hybridized carbons (Fsp3) is 0.217. The smallest absolute Gasteiger partial charge is 0.433 e. The lowest BCUT2D eigenvalue weighted by Crippen LogP contribution is -2.48. The first kappa shape index (κ1) is 20.1. The number of rotatable bonds is 4. The number of anilines is 1. The summed E-state index contributed by atoms with van der Waals surface area (Å²) >= 11 is 1.64. The fourth-order valence-electron chi connectivity index (χ4n) is 3.18. The number of hydrogen-bond donors (Lipinski definition) is 1. The lowest BCUT2D eigenvalue weighted by molar-refractivity contribution is 0.00307. The molecule has 3 aromatic rings. The van der Waals surface area contributed by atoms with Crippen LogP contribution < -0.4 is 10.4 Å². The Morgan fingerprint density at radius 1 is 0.967 bits per heavy atom. The molecule has 1 N–H and O–H groups in total. The van der Waals surface area contributed by atoms with Crippen LogP contribution in [0.3, 0.4) is 0 Å². The van der Waals surface area contributed by atoms with Crippen molar-refractivity contribution in [3.63, 3.8) is 0 Å². The highest BCUT2D eigenvalue weighted by molar-refractivity contribution is 7.13. The van der Waals surface area contributed by atoms with Crippen LogP contribution in [-0.2, 0) is 9.47 Å². The summed E-state index contributed by atoms with van der Waals surface area (Å²) in [6.07, 6.45) is 0.440. The number of nitrogens with zero attached hydrogens (tertiary/aromatic N) is 1. The summed E-state index contributed by atoms with van der Waals surface area (Å²) in [7, 11) is 0. The highest BCUT2D eigenvalue weighted by Crippen LogP contribution is 2.27. The lowest BCUT2D eigenvalue weighted by Gasteiger charge is -2.27. The van der Waals surface area contributed by atoms with E-state index in [2.05, 4.69) is 5.43 Å². The van der Waals surface area contributed by atoms with Gasteiger partial charge >= 0.3 is 6.09 Å². The molecule has 1 aliphatic rings. The Hall–Kier alpha value is -3.16. The summed E-state index contributed by atoms with van der Waals surface area (Å²) in [5.41, 5.74) is 4.71. The highest BCUT2D eigenvalue weighted by Gasteiger charge is 2.25. The van der Waals surface area contributed by atoms with Crippen molar-refractivity contribution >= 4 is 29.0 Å². The standard InChI is InChI=1S/C23H22N2O4S/c26-22(18-5-2-1-3-6-18)24-25(23(27)29-20-12-14-28-15-13-20)19-10-8-17(9-11-19)21-7-4-16-30-21/h1-11,16,20H,12-15H2,(H,24,26). The molecule has 0 radical (unpaired) electrons. The quantitative estimate of drug-likeness (QED) is 0.609. The predicted octanol–water partition coefficient (Wildman–Crippen LogP) is 4.88. The molecule has 0 unspecified atom stereocenters. The van der Waals surface area contributed by atoms with E-state index < -0.39 is 6.09 Å². The number of hydrogen-bond acceptors (Lipinski definition) is 5. The molecule has 0 saturated carbocycles. The summed E-state index contributed by atoms with van der Waals surface area (Å²) in [5.74, 6) is -0.387. The van der Waals surface area contributed by atoms with Crippen molar-refractivity contribution in [2.24, 2.45) is 0 Å². The fourth-order valence-corrected chi connectivity index (χ4v) is 3.91. The second kappa shape index (κ2) is 9.56. The van der Waals surface area contributed by atoms with Crippen LogP contribution in [0.25, 0.3) is 10.4 Å². The Morgan fingerprint density at radius 2 is 1.70 bits per heavy atom. The summed E-state index contributed by atoms with van der Waals surface area (Å²) in [5, 5.41) is 3.18. The van der Waals surface area contributed by atoms with Gasteiger partial charge < -0.3 is 9.47 Å². The third-order valence-electron chi connectivity index (χ3n) is 4.80. The first-order chi connectivity index (χ1) is 14.7. The number of thiophene rings is 1. The molecule has 2 amide bonds. The summed E-state index contributed by atoms with van der Waals surface area (Å²) in [6, 6.07) is 20.2. The van der Waals surface area contributed by atoms with E-state index in [1.807, 2.05) is 35.7 Å². The van der Waals surface area contributed by atoms with Gasteiger partial charge in [-0.05, 0) is 41.3 Å². The topological polar surface area (TPSA) is 67.9 Å². The molecule has 0 aliphatic carbocycles. The second-order valence-electron chi connectivity index (χ2n) is 6.86. The SMILES string of the molecule is O=C(NN(C(=O)OC1CCOCC1)c1ccc(-c2cccs2)cc1)c1ccccc1. The molecule has 2 heterocycles. The summed E-state index contributed by atoms with van der Waals surface area (Å²) < 4.78 is 11.0. The number of amides is 2. The summed E-state index contributed by atoms with van der Waals surface area (Å²) in [4.78, 5) is 26.8. The number of benzene rings is 2. The van der Waals surface area contributed by atoms with E-state index >= 15 is 0 Å². The number of hydrazine groups is 1. The Labute approximate surface area is 179 Å². The van der Waals surface area contributed by atoms with E-state index in [9.17, 15) is 9.59 Å². The van der Waals surface area contributed by atoms with Crippen LogP contribution in [0.5, 0.6) is 0 Å². The third-order valence-corrected chi connectivity index (χ3v) is 5.72. The first-order valence-corrected chi connectivity index (χ1v) is 10.7. The molecule has 1 saturated heterocycles. The molecule has 154 valence electrons. The van der Waals surface area contributed by atoms with Crippen molar-refractivity contribution < 1.29 is 19.1 Å². The maximum absolute atomic E-state index is 12.9. The van der Waals surface area contributed by atoms with Crippen molar-refractivity contribution in [1.29, 1.82) is 0 Å². The Balaban J connectivity index is 1.55. The van der Waals surface area contributed by atoms with E-state index in [1.54, 1.807) is 47.7 Å². The molecule has 1 aromatic heterocycles. The van der Waals surface area contributed by atoms with E-state index in [0.717, 1.165) is 10.4 Å². The van der Waals surface area contributed by atoms with Gasteiger partial charge in [0, 0.05) is 23.3 Å². The molecule has 4 rings (SSSR count). The van der Waals surface area contributed by atoms with Crippen LogP contribution in [0.2, 0.25) is 0 Å². The van der Waals surface area contributed by atoms with Gasteiger partial charge in [0.1, 0.15) is 6.10 Å². The van der Waals surface area contributed by atoms with Crippen LogP contribution in [-0.4, -0.2) is 31.3 Å². The average Bonchev–Trinajstić information content (AvgIpc) is 3.34. The molecule has 7 heteroatoms. The van der Waals surface area contributed by atoms with Gasteiger partial charge in [-0.2, -0.15) is 5.01 Å². The van der Waals surface area contributed by atoms with Gasteiger partial charge in [0.2, 0.25) is 0 Å². The molecular weight excluding hydrogens is 400 g/mol. The van der Waals surface area contributed by atoms with Crippen molar-refractivity contribution in [1.82, 2.24) is 5.43 Å². The van der Waals surface area contributed by atoms with Crippen molar-refractivity contribution in [2.75, 3.05) is 18.2 Å². The molecule has 0 atom stereocenters. The van der Waals surface area contributed by atoms with Gasteiger partial charge in [-0.25, -0.2) is 4.79 Å². The van der Waals surface area contributed by atoms with Gasteiger partial charge in [-0.15, -0.1) is 11.3 Å². The van der Waals surface area contributed by atoms with Crippen LogP contribution in [0.1, 0.15) is 23.2 Å². The molecular formula is C23H22N2O4S. The van der Waals surface area contributed by atoms with E-state index in [-0.39, 0.29) is 12.0 Å². The third kappa shape index (κ3) is 4.87. The second-order valence-corrected chi connectivity index (χ2v) is 7.81. The van der Waals surface area contributed by atoms with Crippen LogP contribution in [0, 0.1) is 0 Å². The largest absolute Gasteiger partial charge is 0.444 e. The maximum atomic E-state index is 12.9. The van der Waals surface area contributed by atoms with Crippen LogP contribution >= 0.6 is 11.3 Å². The number of ether oxygens (including phenoxy) is 2. The minimum absolute atomic E-state index is 0.229. The molecule has 1 fully saturated rings. The molecule has 0 spiro atoms. The van der Waals surface area contributed by atoms with Gasteiger partial charge in [0.15, 0.2) is 0 Å².